The van der Waals surface area contributed by atoms with E-state index in [1.165, 1.54) is 17.7 Å². The number of halogens is 1. The summed E-state index contributed by atoms with van der Waals surface area (Å²) in [6.07, 6.45) is 4.67. The molecule has 1 aliphatic carbocycles. The highest BCUT2D eigenvalue weighted by molar-refractivity contribution is 5.99. The zero-order valence-electron chi connectivity index (χ0n) is 20.7. The lowest BCUT2D eigenvalue weighted by Gasteiger charge is -2.36. The van der Waals surface area contributed by atoms with E-state index >= 15 is 0 Å². The normalized spacial score (nSPS) is 21.1. The molecule has 2 N–H and O–H groups in total. The average Bonchev–Trinajstić information content (AvgIpc) is 3.41. The van der Waals surface area contributed by atoms with E-state index in [1.807, 2.05) is 25.3 Å². The van der Waals surface area contributed by atoms with Crippen LogP contribution in [0.4, 0.5) is 4.39 Å². The van der Waals surface area contributed by atoms with Gasteiger partial charge in [0.1, 0.15) is 5.82 Å². The van der Waals surface area contributed by atoms with Crippen molar-refractivity contribution in [3.8, 4) is 5.69 Å². The zero-order valence-corrected chi connectivity index (χ0v) is 20.7. The number of nitrogens with zero attached hydrogens (tertiary/aromatic N) is 2. The van der Waals surface area contributed by atoms with Gasteiger partial charge in [0.25, 0.3) is 0 Å². The zero-order chi connectivity index (χ0) is 25.0. The third kappa shape index (κ3) is 3.92. The number of carbonyl (C=O) groups is 1. The third-order valence-electron chi connectivity index (χ3n) is 7.81. The fraction of sp³-hybridized carbons (Fsp3) is 0.429. The summed E-state index contributed by atoms with van der Waals surface area (Å²) in [7, 11) is 1.71. The molecule has 0 amide bonds. The van der Waals surface area contributed by atoms with Crippen LogP contribution in [0.1, 0.15) is 63.6 Å². The first-order chi connectivity index (χ1) is 16.6. The monoisotopic (exact) mass is 477 g/mol. The number of nitrogens with one attached hydrogen (secondary N) is 1. The second-order valence-electron chi connectivity index (χ2n) is 10.9. The molecule has 0 atom stereocenters. The van der Waals surface area contributed by atoms with Crippen LogP contribution >= 0.6 is 0 Å². The molecule has 35 heavy (non-hydrogen) atoms. The number of carboxylic acid groups (broad SMARTS) is 1. The maximum Gasteiger partial charge on any atom is 0.309 e. The summed E-state index contributed by atoms with van der Waals surface area (Å²) in [4.78, 5) is 11.9. The van der Waals surface area contributed by atoms with Crippen molar-refractivity contribution < 1.29 is 19.0 Å². The van der Waals surface area contributed by atoms with Gasteiger partial charge in [0.05, 0.1) is 29.3 Å². The number of carboxylic acids is 1. The summed E-state index contributed by atoms with van der Waals surface area (Å²) in [6, 6.07) is 10.9. The minimum Gasteiger partial charge on any atom is -0.481 e. The van der Waals surface area contributed by atoms with Gasteiger partial charge in [-0.15, -0.1) is 0 Å². The van der Waals surface area contributed by atoms with E-state index in [9.17, 15) is 14.3 Å². The van der Waals surface area contributed by atoms with Crippen LogP contribution in [-0.4, -0.2) is 39.6 Å². The van der Waals surface area contributed by atoms with Gasteiger partial charge in [0.2, 0.25) is 0 Å². The Morgan fingerprint density at radius 2 is 1.94 bits per heavy atom. The van der Waals surface area contributed by atoms with E-state index in [4.69, 9.17) is 4.74 Å². The Balaban J connectivity index is 1.80. The molecule has 0 unspecified atom stereocenters. The van der Waals surface area contributed by atoms with Crippen molar-refractivity contribution in [2.24, 2.45) is 5.41 Å². The van der Waals surface area contributed by atoms with Gasteiger partial charge in [0, 0.05) is 34.7 Å². The van der Waals surface area contributed by atoms with Gasteiger partial charge >= 0.3 is 5.97 Å². The smallest absolute Gasteiger partial charge is 0.309 e. The number of H-pyrrole nitrogens is 1. The van der Waals surface area contributed by atoms with Gasteiger partial charge < -0.3 is 14.4 Å². The number of rotatable bonds is 6. The minimum atomic E-state index is -0.719. The second kappa shape index (κ2) is 8.48. The Labute approximate surface area is 204 Å². The maximum absolute atomic E-state index is 13.9. The molecule has 5 rings (SSSR count). The van der Waals surface area contributed by atoms with Crippen LogP contribution in [0.3, 0.4) is 0 Å². The summed E-state index contributed by atoms with van der Waals surface area (Å²) in [5.74, 6) is -0.789. The Hall–Kier alpha value is -3.19. The van der Waals surface area contributed by atoms with E-state index < -0.39 is 11.4 Å². The molecular weight excluding hydrogens is 445 g/mol. The minimum absolute atomic E-state index is 0.207. The highest BCUT2D eigenvalue weighted by atomic mass is 19.1. The molecule has 6 nitrogen and oxygen atoms in total. The number of hydrogen-bond acceptors (Lipinski definition) is 3. The van der Waals surface area contributed by atoms with Gasteiger partial charge in [-0.05, 0) is 80.5 Å². The first-order valence-electron chi connectivity index (χ1n) is 12.1. The van der Waals surface area contributed by atoms with Crippen LogP contribution in [0.5, 0.6) is 0 Å². The van der Waals surface area contributed by atoms with Crippen molar-refractivity contribution in [2.45, 2.75) is 57.8 Å². The highest BCUT2D eigenvalue weighted by Crippen LogP contribution is 2.49. The molecule has 0 saturated heterocycles. The van der Waals surface area contributed by atoms with E-state index in [-0.39, 0.29) is 17.2 Å². The molecule has 0 bridgehead atoms. The molecule has 1 saturated carbocycles. The number of hydrogen-bond donors (Lipinski definition) is 2. The molecule has 7 heteroatoms. The molecule has 2 heterocycles. The lowest BCUT2D eigenvalue weighted by molar-refractivity contribution is -0.149. The van der Waals surface area contributed by atoms with Crippen LogP contribution in [-0.2, 0) is 14.9 Å². The molecule has 0 spiro atoms. The quantitative estimate of drug-likeness (QED) is 0.341. The fourth-order valence-electron chi connectivity index (χ4n) is 5.87. The van der Waals surface area contributed by atoms with Crippen LogP contribution < -0.4 is 0 Å². The molecule has 184 valence electrons. The summed E-state index contributed by atoms with van der Waals surface area (Å²) < 4.78 is 21.8. The van der Waals surface area contributed by atoms with Gasteiger partial charge in [-0.1, -0.05) is 13.8 Å². The topological polar surface area (TPSA) is 80.1 Å². The number of aromatic amines is 1. The lowest BCUT2D eigenvalue weighted by atomic mass is 9.68. The lowest BCUT2D eigenvalue weighted by Crippen LogP contribution is -2.33. The van der Waals surface area contributed by atoms with Crippen molar-refractivity contribution in [3.05, 3.63) is 59.7 Å². The Morgan fingerprint density at radius 1 is 1.26 bits per heavy atom. The number of ether oxygens (including phenoxy) is 1. The molecule has 2 aromatic heterocycles. The Morgan fingerprint density at radius 3 is 2.57 bits per heavy atom. The van der Waals surface area contributed by atoms with Gasteiger partial charge in [-0.3, -0.25) is 9.89 Å². The van der Waals surface area contributed by atoms with E-state index in [2.05, 4.69) is 40.7 Å². The molecule has 0 radical (unpaired) electrons. The number of methoxy groups -OCH3 is 1. The molecule has 1 aliphatic rings. The van der Waals surface area contributed by atoms with Crippen molar-refractivity contribution in [3.63, 3.8) is 0 Å². The summed E-state index contributed by atoms with van der Waals surface area (Å²) in [5.41, 5.74) is 4.20. The first kappa shape index (κ1) is 23.5. The Kier molecular flexibility index (Phi) is 5.71. The predicted octanol–water partition coefficient (Wildman–Crippen LogP) is 6.32. The van der Waals surface area contributed by atoms with Gasteiger partial charge in [0.15, 0.2) is 0 Å². The number of aliphatic carboxylic acids is 1. The summed E-state index contributed by atoms with van der Waals surface area (Å²) in [5, 5.41) is 19.2. The molecule has 1 fully saturated rings. The van der Waals surface area contributed by atoms with Crippen LogP contribution in [0.15, 0.2) is 42.6 Å². The summed E-state index contributed by atoms with van der Waals surface area (Å²) >= 11 is 0. The average molecular weight is 478 g/mol. The highest BCUT2D eigenvalue weighted by Gasteiger charge is 2.41. The van der Waals surface area contributed by atoms with Crippen molar-refractivity contribution in [1.82, 2.24) is 14.8 Å². The Bertz CT molecular complexity index is 1390. The second-order valence-corrected chi connectivity index (χ2v) is 10.9. The van der Waals surface area contributed by atoms with Crippen LogP contribution in [0, 0.1) is 11.2 Å². The third-order valence-corrected chi connectivity index (χ3v) is 7.81. The van der Waals surface area contributed by atoms with Crippen molar-refractivity contribution >= 4 is 27.8 Å². The van der Waals surface area contributed by atoms with Crippen molar-refractivity contribution in [2.75, 3.05) is 13.7 Å². The number of benzene rings is 2. The van der Waals surface area contributed by atoms with E-state index in [1.54, 1.807) is 7.11 Å². The largest absolute Gasteiger partial charge is 0.481 e. The summed E-state index contributed by atoms with van der Waals surface area (Å²) in [6.45, 7) is 6.71. The van der Waals surface area contributed by atoms with Gasteiger partial charge in [-0.25, -0.2) is 4.39 Å². The maximum atomic E-state index is 13.9. The molecule has 0 aliphatic heterocycles. The van der Waals surface area contributed by atoms with Gasteiger partial charge in [-0.2, -0.15) is 5.10 Å². The molecule has 2 aromatic carbocycles. The first-order valence-corrected chi connectivity index (χ1v) is 12.1. The van der Waals surface area contributed by atoms with E-state index in [0.717, 1.165) is 46.0 Å². The van der Waals surface area contributed by atoms with Crippen LogP contribution in [0.25, 0.3) is 27.5 Å². The standard InChI is InChI=1S/C28H32FN3O3/c1-27(2,16-35-4)25-24(17-9-11-28(3,12-10-17)26(33)34)21-14-22-18(15-30-31-22)13-23(21)32(25)20-7-5-19(29)6-8-20/h5-8,13-15,17H,9-12,16H2,1-4H3,(H,30,31)(H,33,34)/t17-,28-. The van der Waals surface area contributed by atoms with E-state index in [0.29, 0.717) is 19.4 Å². The molecular formula is C28H32FN3O3. The fourth-order valence-corrected chi connectivity index (χ4v) is 5.87. The van der Waals surface area contributed by atoms with Crippen LogP contribution in [0.2, 0.25) is 0 Å². The SMILES string of the molecule is COCC(C)(C)c1c([C@H]2CC[C@](C)(C(=O)O)CC2)c2cc3[nH]ncc3cc2n1-c1ccc(F)cc1. The predicted molar refractivity (Wildman–Crippen MR) is 135 cm³/mol. The molecule has 4 aromatic rings. The number of fused-ring (bicyclic) bond motifs is 2. The number of aromatic nitrogens is 3. The van der Waals surface area contributed by atoms with Crippen molar-refractivity contribution in [1.29, 1.82) is 0 Å².